The molecule has 0 aliphatic carbocycles. The van der Waals surface area contributed by atoms with E-state index in [1.54, 1.807) is 24.3 Å². The molecule has 2 aliphatic heterocycles. The lowest BCUT2D eigenvalue weighted by Crippen LogP contribution is -2.50. The molecule has 2 aromatic carbocycles. The predicted molar refractivity (Wildman–Crippen MR) is 120 cm³/mol. The standard InChI is InChI=1S/C22H28N4O4S/c27-22(25-11-9-24(10-12-25)20-6-2-1-3-7-20)18-23-19-5-4-8-21(17-19)31(28,29)26-13-15-30-16-14-26/h1-8,17,23H,9-16,18H2. The maximum atomic E-state index is 12.8. The Hall–Kier alpha value is -2.62. The van der Waals surface area contributed by atoms with Crippen LogP contribution in [0.2, 0.25) is 0 Å². The molecule has 2 aromatic rings. The molecule has 1 amide bonds. The van der Waals surface area contributed by atoms with Gasteiger partial charge in [0.25, 0.3) is 0 Å². The molecule has 166 valence electrons. The number of ether oxygens (including phenoxy) is 1. The number of nitrogens with zero attached hydrogens (tertiary/aromatic N) is 3. The minimum absolute atomic E-state index is 0.00847. The highest BCUT2D eigenvalue weighted by Crippen LogP contribution is 2.21. The average molecular weight is 445 g/mol. The fraction of sp³-hybridized carbons (Fsp3) is 0.409. The summed E-state index contributed by atoms with van der Waals surface area (Å²) in [7, 11) is -3.56. The van der Waals surface area contributed by atoms with Crippen LogP contribution in [0.5, 0.6) is 0 Å². The maximum Gasteiger partial charge on any atom is 0.243 e. The number of carbonyl (C=O) groups is 1. The van der Waals surface area contributed by atoms with Crippen molar-refractivity contribution in [2.45, 2.75) is 4.90 Å². The highest BCUT2D eigenvalue weighted by atomic mass is 32.2. The van der Waals surface area contributed by atoms with Gasteiger partial charge in [-0.2, -0.15) is 4.31 Å². The molecule has 0 unspecified atom stereocenters. The van der Waals surface area contributed by atoms with Crippen molar-refractivity contribution in [1.29, 1.82) is 0 Å². The molecule has 0 aromatic heterocycles. The molecule has 0 radical (unpaired) electrons. The number of hydrogen-bond donors (Lipinski definition) is 1. The first-order valence-electron chi connectivity index (χ1n) is 10.5. The van der Waals surface area contributed by atoms with Crippen LogP contribution in [-0.2, 0) is 19.6 Å². The van der Waals surface area contributed by atoms with E-state index in [0.717, 1.165) is 13.1 Å². The largest absolute Gasteiger partial charge is 0.379 e. The zero-order valence-corrected chi connectivity index (χ0v) is 18.3. The van der Waals surface area contributed by atoms with E-state index in [2.05, 4.69) is 22.3 Å². The number of morpholine rings is 1. The lowest BCUT2D eigenvalue weighted by molar-refractivity contribution is -0.129. The van der Waals surface area contributed by atoms with E-state index in [0.29, 0.717) is 45.1 Å². The lowest BCUT2D eigenvalue weighted by Gasteiger charge is -2.36. The molecular formula is C22H28N4O4S. The molecule has 1 N–H and O–H groups in total. The van der Waals surface area contributed by atoms with Crippen LogP contribution in [0.3, 0.4) is 0 Å². The minimum Gasteiger partial charge on any atom is -0.379 e. The fourth-order valence-corrected chi connectivity index (χ4v) is 5.30. The van der Waals surface area contributed by atoms with E-state index in [4.69, 9.17) is 4.74 Å². The Kier molecular flexibility index (Phi) is 6.74. The number of nitrogens with one attached hydrogen (secondary N) is 1. The predicted octanol–water partition coefficient (Wildman–Crippen LogP) is 1.47. The zero-order chi connectivity index (χ0) is 21.7. The Morgan fingerprint density at radius 3 is 2.32 bits per heavy atom. The first-order valence-corrected chi connectivity index (χ1v) is 12.0. The van der Waals surface area contributed by atoms with Gasteiger partial charge in [-0.3, -0.25) is 4.79 Å². The Bertz CT molecular complexity index is 986. The number of amides is 1. The molecule has 8 nitrogen and oxygen atoms in total. The molecule has 0 spiro atoms. The smallest absolute Gasteiger partial charge is 0.243 e. The van der Waals surface area contributed by atoms with Crippen LogP contribution < -0.4 is 10.2 Å². The van der Waals surface area contributed by atoms with Crippen LogP contribution in [0, 0.1) is 0 Å². The summed E-state index contributed by atoms with van der Waals surface area (Å²) in [6.45, 7) is 4.58. The molecule has 31 heavy (non-hydrogen) atoms. The second-order valence-electron chi connectivity index (χ2n) is 7.60. The number of piperazine rings is 1. The van der Waals surface area contributed by atoms with E-state index in [1.807, 2.05) is 23.1 Å². The van der Waals surface area contributed by atoms with E-state index < -0.39 is 10.0 Å². The summed E-state index contributed by atoms with van der Waals surface area (Å²) in [5.41, 5.74) is 1.79. The van der Waals surface area contributed by atoms with Crippen LogP contribution in [-0.4, -0.2) is 82.6 Å². The van der Waals surface area contributed by atoms with Crippen molar-refractivity contribution in [1.82, 2.24) is 9.21 Å². The third kappa shape index (κ3) is 5.17. The topological polar surface area (TPSA) is 82.2 Å². The third-order valence-corrected chi connectivity index (χ3v) is 7.53. The first-order chi connectivity index (χ1) is 15.0. The van der Waals surface area contributed by atoms with Gasteiger partial charge in [0.05, 0.1) is 24.7 Å². The van der Waals surface area contributed by atoms with Crippen LogP contribution in [0.4, 0.5) is 11.4 Å². The Labute approximate surface area is 183 Å². The van der Waals surface area contributed by atoms with Crippen molar-refractivity contribution in [3.63, 3.8) is 0 Å². The molecule has 0 bridgehead atoms. The molecule has 0 saturated carbocycles. The molecule has 2 saturated heterocycles. The van der Waals surface area contributed by atoms with Crippen molar-refractivity contribution in [3.8, 4) is 0 Å². The third-order valence-electron chi connectivity index (χ3n) is 5.64. The molecule has 9 heteroatoms. The van der Waals surface area contributed by atoms with Gasteiger partial charge in [-0.05, 0) is 30.3 Å². The van der Waals surface area contributed by atoms with Gasteiger partial charge in [0.1, 0.15) is 0 Å². The van der Waals surface area contributed by atoms with Crippen LogP contribution >= 0.6 is 0 Å². The molecule has 2 heterocycles. The number of anilines is 2. The van der Waals surface area contributed by atoms with Gasteiger partial charge in [0.2, 0.25) is 15.9 Å². The van der Waals surface area contributed by atoms with Gasteiger partial charge in [0, 0.05) is 50.6 Å². The van der Waals surface area contributed by atoms with Crippen molar-refractivity contribution in [3.05, 3.63) is 54.6 Å². The van der Waals surface area contributed by atoms with Crippen LogP contribution in [0.1, 0.15) is 0 Å². The summed E-state index contributed by atoms with van der Waals surface area (Å²) in [6.07, 6.45) is 0. The fourth-order valence-electron chi connectivity index (χ4n) is 3.84. The second kappa shape index (κ2) is 9.67. The maximum absolute atomic E-state index is 12.8. The van der Waals surface area contributed by atoms with Crippen molar-refractivity contribution in [2.24, 2.45) is 0 Å². The van der Waals surface area contributed by atoms with Crippen LogP contribution in [0.15, 0.2) is 59.5 Å². The van der Waals surface area contributed by atoms with Gasteiger partial charge >= 0.3 is 0 Å². The van der Waals surface area contributed by atoms with Gasteiger partial charge in [-0.15, -0.1) is 0 Å². The van der Waals surface area contributed by atoms with Crippen molar-refractivity contribution < 1.29 is 17.9 Å². The number of benzene rings is 2. The monoisotopic (exact) mass is 444 g/mol. The number of hydrogen-bond acceptors (Lipinski definition) is 6. The van der Waals surface area contributed by atoms with Gasteiger partial charge in [0.15, 0.2) is 0 Å². The molecule has 2 aliphatic rings. The van der Waals surface area contributed by atoms with Gasteiger partial charge in [-0.25, -0.2) is 8.42 Å². The number of sulfonamides is 1. The molecule has 0 atom stereocenters. The quantitative estimate of drug-likeness (QED) is 0.727. The molecule has 4 rings (SSSR count). The Morgan fingerprint density at radius 1 is 0.903 bits per heavy atom. The summed E-state index contributed by atoms with van der Waals surface area (Å²) in [5, 5.41) is 3.09. The normalized spacial score (nSPS) is 18.1. The van der Waals surface area contributed by atoms with E-state index in [-0.39, 0.29) is 17.3 Å². The van der Waals surface area contributed by atoms with Gasteiger partial charge < -0.3 is 19.9 Å². The Balaban J connectivity index is 1.31. The van der Waals surface area contributed by atoms with E-state index in [1.165, 1.54) is 9.99 Å². The summed E-state index contributed by atoms with van der Waals surface area (Å²) < 4.78 is 32.4. The zero-order valence-electron chi connectivity index (χ0n) is 17.4. The number of rotatable bonds is 6. The Morgan fingerprint density at radius 2 is 1.61 bits per heavy atom. The SMILES string of the molecule is O=C(CNc1cccc(S(=O)(=O)N2CCOCC2)c1)N1CCN(c2ccccc2)CC1. The second-order valence-corrected chi connectivity index (χ2v) is 9.54. The van der Waals surface area contributed by atoms with E-state index >= 15 is 0 Å². The highest BCUT2D eigenvalue weighted by Gasteiger charge is 2.26. The number of carbonyl (C=O) groups excluding carboxylic acids is 1. The minimum atomic E-state index is -3.56. The van der Waals surface area contributed by atoms with Gasteiger partial charge in [-0.1, -0.05) is 24.3 Å². The van der Waals surface area contributed by atoms with E-state index in [9.17, 15) is 13.2 Å². The van der Waals surface area contributed by atoms with Crippen LogP contribution in [0.25, 0.3) is 0 Å². The first kappa shape index (κ1) is 21.6. The number of para-hydroxylation sites is 1. The molecule has 2 fully saturated rings. The average Bonchev–Trinajstić information content (AvgIpc) is 2.84. The highest BCUT2D eigenvalue weighted by molar-refractivity contribution is 7.89. The summed E-state index contributed by atoms with van der Waals surface area (Å²) in [4.78, 5) is 17.0. The molecular weight excluding hydrogens is 416 g/mol. The van der Waals surface area contributed by atoms with Crippen molar-refractivity contribution >= 4 is 27.3 Å². The summed E-state index contributed by atoms with van der Waals surface area (Å²) in [6, 6.07) is 16.8. The summed E-state index contributed by atoms with van der Waals surface area (Å²) in [5.74, 6) is 0.00847. The summed E-state index contributed by atoms with van der Waals surface area (Å²) >= 11 is 0. The van der Waals surface area contributed by atoms with Crippen molar-refractivity contribution in [2.75, 3.05) is 69.2 Å². The lowest BCUT2D eigenvalue weighted by atomic mass is 10.2.